The molecule has 5 nitrogen and oxygen atoms in total. The first-order valence-corrected chi connectivity index (χ1v) is 9.52. The van der Waals surface area contributed by atoms with Crippen LogP contribution in [0.15, 0.2) is 55.0 Å². The second-order valence-corrected chi connectivity index (χ2v) is 7.18. The molecule has 0 amide bonds. The lowest BCUT2D eigenvalue weighted by Crippen LogP contribution is -2.25. The van der Waals surface area contributed by atoms with Crippen molar-refractivity contribution in [1.82, 2.24) is 19.4 Å². The lowest BCUT2D eigenvalue weighted by atomic mass is 10.1. The van der Waals surface area contributed by atoms with E-state index < -0.39 is 0 Å². The third-order valence-corrected chi connectivity index (χ3v) is 5.36. The Morgan fingerprint density at radius 3 is 2.67 bits per heavy atom. The van der Waals surface area contributed by atoms with Gasteiger partial charge >= 0.3 is 0 Å². The summed E-state index contributed by atoms with van der Waals surface area (Å²) in [6.07, 6.45) is 8.15. The molecule has 1 saturated heterocycles. The van der Waals surface area contributed by atoms with Crippen molar-refractivity contribution in [3.8, 4) is 5.75 Å². The fourth-order valence-electron chi connectivity index (χ4n) is 3.90. The summed E-state index contributed by atoms with van der Waals surface area (Å²) in [5.41, 5.74) is 3.72. The monoisotopic (exact) mass is 362 g/mol. The molecular weight excluding hydrogens is 336 g/mol. The summed E-state index contributed by atoms with van der Waals surface area (Å²) in [6, 6.07) is 12.8. The van der Waals surface area contributed by atoms with Crippen molar-refractivity contribution >= 4 is 0 Å². The van der Waals surface area contributed by atoms with Crippen LogP contribution in [-0.2, 0) is 13.1 Å². The van der Waals surface area contributed by atoms with E-state index in [1.54, 1.807) is 7.11 Å². The molecule has 3 heterocycles. The molecule has 27 heavy (non-hydrogen) atoms. The highest BCUT2D eigenvalue weighted by atomic mass is 16.5. The number of hydrogen-bond acceptors (Lipinski definition) is 4. The normalized spacial score (nSPS) is 17.3. The molecule has 0 spiro atoms. The Morgan fingerprint density at radius 2 is 1.93 bits per heavy atom. The van der Waals surface area contributed by atoms with E-state index in [-0.39, 0.29) is 0 Å². The molecule has 0 N–H and O–H groups in total. The largest absolute Gasteiger partial charge is 0.497 e. The summed E-state index contributed by atoms with van der Waals surface area (Å²) in [5, 5.41) is 0. The second kappa shape index (κ2) is 7.92. The molecule has 1 fully saturated rings. The van der Waals surface area contributed by atoms with Gasteiger partial charge in [0, 0.05) is 37.4 Å². The smallest absolute Gasteiger partial charge is 0.126 e. The van der Waals surface area contributed by atoms with Crippen molar-refractivity contribution in [1.29, 1.82) is 0 Å². The number of pyridine rings is 1. The molecular formula is C22H26N4O. The van der Waals surface area contributed by atoms with E-state index in [9.17, 15) is 0 Å². The molecule has 1 aliphatic rings. The van der Waals surface area contributed by atoms with Gasteiger partial charge < -0.3 is 9.30 Å². The highest BCUT2D eigenvalue weighted by Crippen LogP contribution is 2.33. The SMILES string of the molecule is COc1ccc(Cn2c(C)cnc2C2CCCN2Cc2cccnc2)cc1. The van der Waals surface area contributed by atoms with Crippen molar-refractivity contribution in [2.24, 2.45) is 0 Å². The van der Waals surface area contributed by atoms with Crippen LogP contribution in [0.25, 0.3) is 0 Å². The molecule has 3 aromatic rings. The van der Waals surface area contributed by atoms with Gasteiger partial charge in [0.2, 0.25) is 0 Å². The number of aromatic nitrogens is 3. The number of aryl methyl sites for hydroxylation is 1. The number of likely N-dealkylation sites (tertiary alicyclic amines) is 1. The maximum atomic E-state index is 5.27. The molecule has 1 atom stereocenters. The zero-order chi connectivity index (χ0) is 18.6. The van der Waals surface area contributed by atoms with Gasteiger partial charge in [0.05, 0.1) is 13.2 Å². The van der Waals surface area contributed by atoms with Crippen LogP contribution in [-0.4, -0.2) is 33.1 Å². The van der Waals surface area contributed by atoms with Gasteiger partial charge in [-0.25, -0.2) is 4.98 Å². The second-order valence-electron chi connectivity index (χ2n) is 7.18. The first-order chi connectivity index (χ1) is 13.2. The van der Waals surface area contributed by atoms with Gasteiger partial charge in [0.15, 0.2) is 0 Å². The van der Waals surface area contributed by atoms with E-state index in [0.717, 1.165) is 31.8 Å². The zero-order valence-electron chi connectivity index (χ0n) is 16.0. The Labute approximate surface area is 160 Å². The Balaban J connectivity index is 1.56. The summed E-state index contributed by atoms with van der Waals surface area (Å²) >= 11 is 0. The zero-order valence-corrected chi connectivity index (χ0v) is 16.0. The molecule has 140 valence electrons. The van der Waals surface area contributed by atoms with Gasteiger partial charge in [-0.05, 0) is 55.6 Å². The molecule has 5 heteroatoms. The number of rotatable bonds is 6. The number of methoxy groups -OCH3 is 1. The minimum absolute atomic E-state index is 0.358. The highest BCUT2D eigenvalue weighted by molar-refractivity contribution is 5.28. The van der Waals surface area contributed by atoms with Crippen LogP contribution >= 0.6 is 0 Å². The van der Waals surface area contributed by atoms with Crippen LogP contribution in [0.5, 0.6) is 5.75 Å². The molecule has 2 aromatic heterocycles. The van der Waals surface area contributed by atoms with Crippen molar-refractivity contribution < 1.29 is 4.74 Å². The molecule has 0 aliphatic carbocycles. The van der Waals surface area contributed by atoms with Crippen LogP contribution < -0.4 is 4.74 Å². The first kappa shape index (κ1) is 17.7. The van der Waals surface area contributed by atoms with E-state index in [0.29, 0.717) is 6.04 Å². The summed E-state index contributed by atoms with van der Waals surface area (Å²) in [4.78, 5) is 11.6. The van der Waals surface area contributed by atoms with Crippen molar-refractivity contribution in [3.05, 3.63) is 77.6 Å². The maximum absolute atomic E-state index is 5.27. The fraction of sp³-hybridized carbons (Fsp3) is 0.364. The quantitative estimate of drug-likeness (QED) is 0.665. The Kier molecular flexibility index (Phi) is 5.21. The molecule has 4 rings (SSSR count). The molecule has 1 aliphatic heterocycles. The first-order valence-electron chi connectivity index (χ1n) is 9.52. The lowest BCUT2D eigenvalue weighted by molar-refractivity contribution is 0.235. The lowest BCUT2D eigenvalue weighted by Gasteiger charge is -2.25. The maximum Gasteiger partial charge on any atom is 0.126 e. The highest BCUT2D eigenvalue weighted by Gasteiger charge is 2.30. The van der Waals surface area contributed by atoms with E-state index in [2.05, 4.69) is 39.6 Å². The average molecular weight is 362 g/mol. The van der Waals surface area contributed by atoms with Gasteiger partial charge in [-0.2, -0.15) is 0 Å². The molecule has 0 saturated carbocycles. The number of imidazole rings is 1. The van der Waals surface area contributed by atoms with Crippen molar-refractivity contribution in [2.45, 2.75) is 38.9 Å². The Bertz CT molecular complexity index is 873. The number of nitrogens with zero attached hydrogens (tertiary/aromatic N) is 4. The van der Waals surface area contributed by atoms with Gasteiger partial charge in [0.25, 0.3) is 0 Å². The van der Waals surface area contributed by atoms with E-state index in [4.69, 9.17) is 9.72 Å². The summed E-state index contributed by atoms with van der Waals surface area (Å²) in [6.45, 7) is 5.00. The van der Waals surface area contributed by atoms with Gasteiger partial charge in [-0.1, -0.05) is 18.2 Å². The summed E-state index contributed by atoms with van der Waals surface area (Å²) < 4.78 is 7.63. The summed E-state index contributed by atoms with van der Waals surface area (Å²) in [5.74, 6) is 2.06. The molecule has 0 bridgehead atoms. The van der Waals surface area contributed by atoms with Crippen LogP contribution in [0.1, 0.15) is 41.5 Å². The van der Waals surface area contributed by atoms with Crippen molar-refractivity contribution in [3.63, 3.8) is 0 Å². The predicted octanol–water partition coefficient (Wildman–Crippen LogP) is 3.98. The van der Waals surface area contributed by atoms with E-state index >= 15 is 0 Å². The van der Waals surface area contributed by atoms with Crippen molar-refractivity contribution in [2.75, 3.05) is 13.7 Å². The van der Waals surface area contributed by atoms with E-state index in [1.807, 2.05) is 36.8 Å². The Morgan fingerprint density at radius 1 is 1.07 bits per heavy atom. The van der Waals surface area contributed by atoms with E-state index in [1.165, 1.54) is 29.1 Å². The Hall–Kier alpha value is -2.66. The standard InChI is InChI=1S/C22H26N4O/c1-17-13-24-22(26(17)16-18-7-9-20(27-2)10-8-18)21-6-4-12-25(21)15-19-5-3-11-23-14-19/h3,5,7-11,13-14,21H,4,6,12,15-16H2,1-2H3. The summed E-state index contributed by atoms with van der Waals surface area (Å²) in [7, 11) is 1.70. The average Bonchev–Trinajstić information content (AvgIpc) is 3.30. The van der Waals surface area contributed by atoms with Gasteiger partial charge in [-0.3, -0.25) is 9.88 Å². The van der Waals surface area contributed by atoms with Crippen LogP contribution in [0, 0.1) is 6.92 Å². The predicted molar refractivity (Wildman–Crippen MR) is 106 cm³/mol. The number of ether oxygens (including phenoxy) is 1. The topological polar surface area (TPSA) is 43.2 Å². The van der Waals surface area contributed by atoms with Gasteiger partial charge in [0.1, 0.15) is 11.6 Å². The molecule has 0 radical (unpaired) electrons. The van der Waals surface area contributed by atoms with Crippen LogP contribution in [0.4, 0.5) is 0 Å². The van der Waals surface area contributed by atoms with Gasteiger partial charge in [-0.15, -0.1) is 0 Å². The fourth-order valence-corrected chi connectivity index (χ4v) is 3.90. The third-order valence-electron chi connectivity index (χ3n) is 5.36. The minimum Gasteiger partial charge on any atom is -0.497 e. The number of benzene rings is 1. The number of hydrogen-bond donors (Lipinski definition) is 0. The molecule has 1 aromatic carbocycles. The minimum atomic E-state index is 0.358. The third kappa shape index (κ3) is 3.88. The van der Waals surface area contributed by atoms with Crippen LogP contribution in [0.3, 0.4) is 0 Å². The van der Waals surface area contributed by atoms with Crippen LogP contribution in [0.2, 0.25) is 0 Å². The molecule has 1 unspecified atom stereocenters.